The first-order valence-corrected chi connectivity index (χ1v) is 10.8. The molecule has 0 saturated heterocycles. The second kappa shape index (κ2) is 8.24. The fourth-order valence-electron chi connectivity index (χ4n) is 3.53. The van der Waals surface area contributed by atoms with E-state index >= 15 is 0 Å². The third kappa shape index (κ3) is 4.66. The summed E-state index contributed by atoms with van der Waals surface area (Å²) >= 11 is 0. The number of carbonyl (C=O) groups excluding carboxylic acids is 1. The van der Waals surface area contributed by atoms with Crippen molar-refractivity contribution in [1.29, 1.82) is 0 Å². The molecule has 1 fully saturated rings. The Morgan fingerprint density at radius 2 is 1.89 bits per heavy atom. The molecule has 1 amide bonds. The molecule has 5 N–H and O–H groups in total. The zero-order chi connectivity index (χ0) is 20.3. The molecular formula is C19H25N5O3S. The van der Waals surface area contributed by atoms with Crippen LogP contribution < -0.4 is 16.2 Å². The molecule has 3 rings (SSSR count). The van der Waals surface area contributed by atoms with Crippen LogP contribution in [0, 0.1) is 12.8 Å². The second-order valence-corrected chi connectivity index (χ2v) is 8.86. The summed E-state index contributed by atoms with van der Waals surface area (Å²) in [5, 5.41) is 0. The van der Waals surface area contributed by atoms with Gasteiger partial charge in [0.2, 0.25) is 5.95 Å². The molecule has 1 aliphatic carbocycles. The molecule has 2 aromatic rings. The van der Waals surface area contributed by atoms with Crippen molar-refractivity contribution in [2.24, 2.45) is 11.7 Å². The predicted octanol–water partition coefficient (Wildman–Crippen LogP) is 1.75. The minimum absolute atomic E-state index is 0.0160. The molecule has 150 valence electrons. The molecule has 0 radical (unpaired) electrons. The van der Waals surface area contributed by atoms with Crippen LogP contribution in [0.4, 0.5) is 5.95 Å². The largest absolute Gasteiger partial charge is 0.368 e. The number of aryl methyl sites for hydroxylation is 1. The van der Waals surface area contributed by atoms with E-state index in [1.54, 1.807) is 25.1 Å². The van der Waals surface area contributed by atoms with E-state index in [1.807, 2.05) is 0 Å². The van der Waals surface area contributed by atoms with Crippen LogP contribution in [0.25, 0.3) is 11.3 Å². The monoisotopic (exact) mass is 403 g/mol. The smallest absolute Gasteiger partial charge is 0.264 e. The lowest BCUT2D eigenvalue weighted by atomic mass is 9.84. The maximum atomic E-state index is 12.7. The van der Waals surface area contributed by atoms with E-state index in [0.717, 1.165) is 32.1 Å². The molecule has 0 spiro atoms. The maximum absolute atomic E-state index is 12.7. The number of carbonyl (C=O) groups is 1. The SMILES string of the molecule is Cc1cc(-c2cccc(S(=O)(=O)NC(=O)[C@@H](N)C3CCCCC3)c2)nc(N)n1. The van der Waals surface area contributed by atoms with Gasteiger partial charge in [-0.3, -0.25) is 4.79 Å². The van der Waals surface area contributed by atoms with Gasteiger partial charge in [0.1, 0.15) is 0 Å². The lowest BCUT2D eigenvalue weighted by Gasteiger charge is -2.26. The number of benzene rings is 1. The van der Waals surface area contributed by atoms with Gasteiger partial charge in [-0.25, -0.2) is 23.1 Å². The predicted molar refractivity (Wildman–Crippen MR) is 106 cm³/mol. The van der Waals surface area contributed by atoms with Gasteiger partial charge in [-0.15, -0.1) is 0 Å². The van der Waals surface area contributed by atoms with E-state index in [9.17, 15) is 13.2 Å². The number of nitrogens with zero attached hydrogens (tertiary/aromatic N) is 2. The quantitative estimate of drug-likeness (QED) is 0.690. The van der Waals surface area contributed by atoms with Gasteiger partial charge in [-0.1, -0.05) is 31.4 Å². The third-order valence-corrected chi connectivity index (χ3v) is 6.35. The fraction of sp³-hybridized carbons (Fsp3) is 0.421. The summed E-state index contributed by atoms with van der Waals surface area (Å²) in [4.78, 5) is 20.5. The number of nitrogen functional groups attached to an aromatic ring is 1. The molecule has 0 aliphatic heterocycles. The van der Waals surface area contributed by atoms with E-state index in [0.29, 0.717) is 17.0 Å². The highest BCUT2D eigenvalue weighted by atomic mass is 32.2. The highest BCUT2D eigenvalue weighted by molar-refractivity contribution is 7.90. The average molecular weight is 404 g/mol. The van der Waals surface area contributed by atoms with Gasteiger partial charge in [-0.2, -0.15) is 0 Å². The van der Waals surface area contributed by atoms with Gasteiger partial charge in [0.05, 0.1) is 16.6 Å². The van der Waals surface area contributed by atoms with Crippen molar-refractivity contribution in [1.82, 2.24) is 14.7 Å². The van der Waals surface area contributed by atoms with Crippen LogP contribution in [0.2, 0.25) is 0 Å². The highest BCUT2D eigenvalue weighted by Crippen LogP contribution is 2.26. The molecule has 0 bridgehead atoms. The van der Waals surface area contributed by atoms with Gasteiger partial charge in [0.15, 0.2) is 0 Å². The summed E-state index contributed by atoms with van der Waals surface area (Å²) < 4.78 is 27.5. The van der Waals surface area contributed by atoms with Gasteiger partial charge < -0.3 is 11.5 Å². The number of amides is 1. The van der Waals surface area contributed by atoms with E-state index in [1.165, 1.54) is 12.1 Å². The van der Waals surface area contributed by atoms with Crippen LogP contribution >= 0.6 is 0 Å². The van der Waals surface area contributed by atoms with Gasteiger partial charge >= 0.3 is 0 Å². The number of rotatable bonds is 5. The molecule has 28 heavy (non-hydrogen) atoms. The van der Waals surface area contributed by atoms with Crippen molar-refractivity contribution < 1.29 is 13.2 Å². The van der Waals surface area contributed by atoms with E-state index in [-0.39, 0.29) is 16.8 Å². The molecular weight excluding hydrogens is 378 g/mol. The van der Waals surface area contributed by atoms with Crippen molar-refractivity contribution in [3.63, 3.8) is 0 Å². The molecule has 1 atom stereocenters. The molecule has 1 heterocycles. The zero-order valence-corrected chi connectivity index (χ0v) is 16.6. The summed E-state index contributed by atoms with van der Waals surface area (Å²) in [6.45, 7) is 1.77. The van der Waals surface area contributed by atoms with E-state index < -0.39 is 22.0 Å². The zero-order valence-electron chi connectivity index (χ0n) is 15.8. The van der Waals surface area contributed by atoms with Crippen molar-refractivity contribution in [3.05, 3.63) is 36.0 Å². The first-order chi connectivity index (χ1) is 13.3. The Balaban J connectivity index is 1.81. The summed E-state index contributed by atoms with van der Waals surface area (Å²) in [5.74, 6) is -0.545. The topological polar surface area (TPSA) is 141 Å². The number of nitrogens with two attached hydrogens (primary N) is 2. The number of anilines is 1. The van der Waals surface area contributed by atoms with Crippen LogP contribution in [-0.2, 0) is 14.8 Å². The highest BCUT2D eigenvalue weighted by Gasteiger charge is 2.29. The van der Waals surface area contributed by atoms with Crippen LogP contribution in [0.5, 0.6) is 0 Å². The number of hydrogen-bond acceptors (Lipinski definition) is 7. The van der Waals surface area contributed by atoms with Gasteiger partial charge in [-0.05, 0) is 43.9 Å². The van der Waals surface area contributed by atoms with Crippen molar-refractivity contribution in [2.45, 2.75) is 50.0 Å². The summed E-state index contributed by atoms with van der Waals surface area (Å²) in [6, 6.07) is 7.05. The van der Waals surface area contributed by atoms with Crippen molar-refractivity contribution in [2.75, 3.05) is 5.73 Å². The number of nitrogens with one attached hydrogen (secondary N) is 1. The molecule has 1 aromatic carbocycles. The summed E-state index contributed by atoms with van der Waals surface area (Å²) in [7, 11) is -4.05. The molecule has 1 aromatic heterocycles. The summed E-state index contributed by atoms with van der Waals surface area (Å²) in [5.41, 5.74) is 13.4. The molecule has 0 unspecified atom stereocenters. The lowest BCUT2D eigenvalue weighted by Crippen LogP contribution is -2.47. The van der Waals surface area contributed by atoms with Crippen LogP contribution in [-0.4, -0.2) is 30.3 Å². The third-order valence-electron chi connectivity index (χ3n) is 5.01. The normalized spacial score (nSPS) is 16.5. The number of sulfonamides is 1. The summed E-state index contributed by atoms with van der Waals surface area (Å²) in [6.07, 6.45) is 4.85. The number of hydrogen-bond donors (Lipinski definition) is 3. The van der Waals surface area contributed by atoms with Gasteiger partial charge in [0, 0.05) is 11.3 Å². The molecule has 1 saturated carbocycles. The maximum Gasteiger partial charge on any atom is 0.264 e. The minimum atomic E-state index is -4.05. The molecule has 8 nitrogen and oxygen atoms in total. The Labute approximate surface area is 164 Å². The van der Waals surface area contributed by atoms with E-state index in [4.69, 9.17) is 11.5 Å². The molecule has 1 aliphatic rings. The second-order valence-electron chi connectivity index (χ2n) is 7.17. The lowest BCUT2D eigenvalue weighted by molar-refractivity contribution is -0.122. The van der Waals surface area contributed by atoms with Crippen LogP contribution in [0.3, 0.4) is 0 Å². The van der Waals surface area contributed by atoms with E-state index in [2.05, 4.69) is 14.7 Å². The Morgan fingerprint density at radius 1 is 1.18 bits per heavy atom. The number of aromatic nitrogens is 2. The average Bonchev–Trinajstić information content (AvgIpc) is 2.67. The Kier molecular flexibility index (Phi) is 5.95. The van der Waals surface area contributed by atoms with Crippen LogP contribution in [0.1, 0.15) is 37.8 Å². The Bertz CT molecular complexity index is 951. The standard InChI is InChI=1S/C19H25N5O3S/c1-12-10-16(23-19(21)22-12)14-8-5-9-15(11-14)28(26,27)24-18(25)17(20)13-6-3-2-4-7-13/h5,8-11,13,17H,2-4,6-7,20H2,1H3,(H,24,25)(H2,21,22,23)/t17-/m0/s1. The fourth-order valence-corrected chi connectivity index (χ4v) is 4.59. The first-order valence-electron chi connectivity index (χ1n) is 9.30. The van der Waals surface area contributed by atoms with Crippen molar-refractivity contribution >= 4 is 21.9 Å². The van der Waals surface area contributed by atoms with Crippen molar-refractivity contribution in [3.8, 4) is 11.3 Å². The first kappa shape index (κ1) is 20.2. The van der Waals surface area contributed by atoms with Gasteiger partial charge in [0.25, 0.3) is 15.9 Å². The molecule has 9 heteroatoms. The Hall–Kier alpha value is -2.52. The minimum Gasteiger partial charge on any atom is -0.368 e. The Morgan fingerprint density at radius 3 is 2.57 bits per heavy atom. The van der Waals surface area contributed by atoms with Crippen LogP contribution in [0.15, 0.2) is 35.2 Å².